The van der Waals surface area contributed by atoms with Crippen LogP contribution in [0.2, 0.25) is 0 Å². The van der Waals surface area contributed by atoms with Gasteiger partial charge in [-0.05, 0) is 42.8 Å². The quantitative estimate of drug-likeness (QED) is 0.412. The third-order valence-corrected chi connectivity index (χ3v) is 4.81. The summed E-state index contributed by atoms with van der Waals surface area (Å²) in [6.07, 6.45) is 4.65. The molecule has 0 saturated carbocycles. The minimum absolute atomic E-state index is 0.159. The van der Waals surface area contributed by atoms with Crippen LogP contribution in [0.25, 0.3) is 22.9 Å². The zero-order chi connectivity index (χ0) is 20.5. The highest BCUT2D eigenvalue weighted by Gasteiger charge is 2.22. The number of carbonyl (C=O) groups is 1. The zero-order valence-electron chi connectivity index (χ0n) is 15.3. The Hall–Kier alpha value is -3.52. The van der Waals surface area contributed by atoms with Crippen LogP contribution in [0.4, 0.5) is 4.39 Å². The van der Waals surface area contributed by atoms with E-state index in [1.165, 1.54) is 28.9 Å². The predicted octanol–water partition coefficient (Wildman–Crippen LogP) is 3.48. The summed E-state index contributed by atoms with van der Waals surface area (Å²) in [4.78, 5) is 28.1. The lowest BCUT2D eigenvalue weighted by Crippen LogP contribution is -2.30. The van der Waals surface area contributed by atoms with Crippen LogP contribution in [0.1, 0.15) is 23.0 Å². The smallest absolute Gasteiger partial charge is 0.342 e. The van der Waals surface area contributed by atoms with Crippen LogP contribution in [0, 0.1) is 10.5 Å². The van der Waals surface area contributed by atoms with Gasteiger partial charge in [0.05, 0.1) is 18.1 Å². The Morgan fingerprint density at radius 3 is 2.72 bits per heavy atom. The molecular weight excluding hydrogens is 395 g/mol. The lowest BCUT2D eigenvalue weighted by atomic mass is 10.0. The summed E-state index contributed by atoms with van der Waals surface area (Å²) in [6.45, 7) is 1.85. The minimum atomic E-state index is -0.609. The molecule has 0 amide bonds. The number of rotatable bonds is 4. The number of fused-ring (bicyclic) bond motifs is 1. The van der Waals surface area contributed by atoms with Crippen LogP contribution < -0.4 is 10.8 Å². The first-order chi connectivity index (χ1) is 14.0. The molecule has 146 valence electrons. The molecule has 4 aromatic rings. The van der Waals surface area contributed by atoms with Gasteiger partial charge in [-0.3, -0.25) is 9.20 Å². The first kappa shape index (κ1) is 18.8. The summed E-state index contributed by atoms with van der Waals surface area (Å²) in [5.41, 5.74) is 0.971. The minimum Gasteiger partial charge on any atom is -0.465 e. The average molecular weight is 410 g/mol. The number of nitrogens with one attached hydrogen (secondary N) is 1. The van der Waals surface area contributed by atoms with Gasteiger partial charge in [-0.25, -0.2) is 9.18 Å². The van der Waals surface area contributed by atoms with E-state index in [2.05, 4.69) is 4.98 Å². The van der Waals surface area contributed by atoms with Crippen molar-refractivity contribution in [3.63, 3.8) is 0 Å². The van der Waals surface area contributed by atoms with Crippen molar-refractivity contribution in [2.24, 2.45) is 0 Å². The van der Waals surface area contributed by atoms with Gasteiger partial charge < -0.3 is 14.1 Å². The Bertz CT molecular complexity index is 1370. The highest BCUT2D eigenvalue weighted by Crippen LogP contribution is 2.28. The number of hydrogen-bond donors (Lipinski definition) is 1. The molecule has 1 aromatic carbocycles. The molecule has 3 aromatic heterocycles. The van der Waals surface area contributed by atoms with Crippen LogP contribution in [0.15, 0.2) is 58.1 Å². The molecule has 4 rings (SSSR count). The molecule has 0 aliphatic carbocycles. The Labute approximate surface area is 168 Å². The van der Waals surface area contributed by atoms with Gasteiger partial charge in [0.15, 0.2) is 0 Å². The molecule has 8 heteroatoms. The monoisotopic (exact) mass is 410 g/mol. The van der Waals surface area contributed by atoms with E-state index in [1.54, 1.807) is 37.4 Å². The largest absolute Gasteiger partial charge is 0.465 e. The van der Waals surface area contributed by atoms with Gasteiger partial charge in [-0.15, -0.1) is 0 Å². The summed E-state index contributed by atoms with van der Waals surface area (Å²) >= 11 is 5.51. The number of esters is 1. The Morgan fingerprint density at radius 1 is 1.31 bits per heavy atom. The number of hydrogen-bond acceptors (Lipinski definition) is 5. The van der Waals surface area contributed by atoms with Crippen LogP contribution in [-0.2, 0) is 4.74 Å². The first-order valence-electron chi connectivity index (χ1n) is 8.79. The number of benzene rings is 1. The van der Waals surface area contributed by atoms with Gasteiger partial charge in [0.2, 0.25) is 0 Å². The summed E-state index contributed by atoms with van der Waals surface area (Å²) in [6, 6.07) is 9.07. The number of ether oxygens (including phenoxy) is 1. The maximum absolute atomic E-state index is 13.4. The third-order valence-electron chi connectivity index (χ3n) is 4.40. The standard InChI is InChI=1S/C21H15FN2O4S/c1-2-27-21(26)17-16(12-5-7-13(22)8-6-12)11-24-18(17)23-19(25)15(20(24)29)10-14-4-3-9-28-14/h3-11H,2H2,1H3,(H,23,25). The normalized spacial score (nSPS) is 11.9. The van der Waals surface area contributed by atoms with Crippen molar-refractivity contribution < 1.29 is 18.3 Å². The van der Waals surface area contributed by atoms with Crippen LogP contribution in [0.5, 0.6) is 0 Å². The summed E-state index contributed by atoms with van der Waals surface area (Å²) in [5, 5.41) is 0.221. The van der Waals surface area contributed by atoms with Crippen LogP contribution in [0.3, 0.4) is 0 Å². The van der Waals surface area contributed by atoms with E-state index >= 15 is 0 Å². The van der Waals surface area contributed by atoms with Gasteiger partial charge in [-0.2, -0.15) is 0 Å². The van der Waals surface area contributed by atoms with Crippen LogP contribution in [-0.4, -0.2) is 22.0 Å². The Kier molecular flexibility index (Phi) is 4.85. The summed E-state index contributed by atoms with van der Waals surface area (Å²) in [7, 11) is 0. The maximum Gasteiger partial charge on any atom is 0.342 e. The van der Waals surface area contributed by atoms with Crippen molar-refractivity contribution >= 4 is 29.9 Å². The molecule has 0 spiro atoms. The molecule has 0 aliphatic heterocycles. The third kappa shape index (κ3) is 3.38. The van der Waals surface area contributed by atoms with Gasteiger partial charge in [-0.1, -0.05) is 24.4 Å². The number of aromatic amines is 1. The second kappa shape index (κ2) is 7.48. The van der Waals surface area contributed by atoms with Gasteiger partial charge in [0.1, 0.15) is 27.4 Å². The topological polar surface area (TPSA) is 76.7 Å². The molecule has 29 heavy (non-hydrogen) atoms. The SMILES string of the molecule is CCOC(=O)c1c(-c2ccc(F)cc2)cn2c(=S)c(=Cc3ccco3)c(=O)[nH]c12. The van der Waals surface area contributed by atoms with E-state index in [4.69, 9.17) is 21.4 Å². The summed E-state index contributed by atoms with van der Waals surface area (Å²) < 4.78 is 25.5. The number of furan rings is 1. The second-order valence-corrected chi connectivity index (χ2v) is 6.58. The number of nitrogens with zero attached hydrogens (tertiary/aromatic N) is 1. The molecule has 0 bridgehead atoms. The average Bonchev–Trinajstić information content (AvgIpc) is 3.34. The van der Waals surface area contributed by atoms with E-state index in [-0.39, 0.29) is 27.7 Å². The predicted molar refractivity (Wildman–Crippen MR) is 108 cm³/mol. The fraction of sp³-hybridized carbons (Fsp3) is 0.0952. The lowest BCUT2D eigenvalue weighted by molar-refractivity contribution is 0.0529. The molecule has 6 nitrogen and oxygen atoms in total. The van der Waals surface area contributed by atoms with Crippen LogP contribution >= 0.6 is 12.2 Å². The summed E-state index contributed by atoms with van der Waals surface area (Å²) in [5.74, 6) is -0.539. The first-order valence-corrected chi connectivity index (χ1v) is 9.20. The molecular formula is C21H15FN2O4S. The van der Waals surface area contributed by atoms with Gasteiger partial charge in [0.25, 0.3) is 5.56 Å². The van der Waals surface area contributed by atoms with E-state index in [0.29, 0.717) is 16.9 Å². The fourth-order valence-electron chi connectivity index (χ4n) is 3.09. The highest BCUT2D eigenvalue weighted by atomic mass is 32.1. The highest BCUT2D eigenvalue weighted by molar-refractivity contribution is 7.71. The van der Waals surface area contributed by atoms with E-state index in [1.807, 2.05) is 0 Å². The lowest BCUT2D eigenvalue weighted by Gasteiger charge is -2.05. The van der Waals surface area contributed by atoms with Crippen molar-refractivity contribution in [2.75, 3.05) is 6.61 Å². The van der Waals surface area contributed by atoms with Crippen molar-refractivity contribution in [2.45, 2.75) is 6.92 Å². The molecule has 0 aliphatic rings. The molecule has 0 fully saturated rings. The number of carbonyl (C=O) groups excluding carboxylic acids is 1. The Balaban J connectivity index is 2.06. The molecule has 1 N–H and O–H groups in total. The van der Waals surface area contributed by atoms with Crippen molar-refractivity contribution in [3.8, 4) is 11.1 Å². The molecule has 0 saturated heterocycles. The Morgan fingerprint density at radius 2 is 2.07 bits per heavy atom. The second-order valence-electron chi connectivity index (χ2n) is 6.20. The number of H-pyrrole nitrogens is 1. The van der Waals surface area contributed by atoms with Gasteiger partial charge >= 0.3 is 5.97 Å². The van der Waals surface area contributed by atoms with Crippen molar-refractivity contribution in [1.82, 2.24) is 9.38 Å². The van der Waals surface area contributed by atoms with Crippen molar-refractivity contribution in [3.05, 3.63) is 86.2 Å². The number of halogens is 1. The van der Waals surface area contributed by atoms with E-state index in [9.17, 15) is 14.0 Å². The molecule has 0 radical (unpaired) electrons. The fourth-order valence-corrected chi connectivity index (χ4v) is 3.39. The molecule has 0 unspecified atom stereocenters. The maximum atomic E-state index is 13.4. The zero-order valence-corrected chi connectivity index (χ0v) is 16.1. The molecule has 3 heterocycles. The van der Waals surface area contributed by atoms with E-state index in [0.717, 1.165) is 0 Å². The van der Waals surface area contributed by atoms with Crippen molar-refractivity contribution in [1.29, 1.82) is 0 Å². The van der Waals surface area contributed by atoms with E-state index < -0.39 is 17.3 Å². The number of aromatic nitrogens is 2. The van der Waals surface area contributed by atoms with Gasteiger partial charge in [0, 0.05) is 11.8 Å². The molecule has 0 atom stereocenters.